The molecule has 3 aromatic rings. The van der Waals surface area contributed by atoms with E-state index in [0.29, 0.717) is 19.8 Å². The van der Waals surface area contributed by atoms with E-state index in [0.717, 1.165) is 42.2 Å². The zero-order valence-electron chi connectivity index (χ0n) is 17.9. The van der Waals surface area contributed by atoms with Crippen LogP contribution in [-0.4, -0.2) is 38.8 Å². The predicted molar refractivity (Wildman–Crippen MR) is 122 cm³/mol. The van der Waals surface area contributed by atoms with Gasteiger partial charge >= 0.3 is 0 Å². The summed E-state index contributed by atoms with van der Waals surface area (Å²) < 4.78 is 17.4. The van der Waals surface area contributed by atoms with Crippen LogP contribution in [0, 0.1) is 0 Å². The van der Waals surface area contributed by atoms with Crippen LogP contribution in [0.5, 0.6) is 17.2 Å². The second-order valence-electron chi connectivity index (χ2n) is 7.50. The zero-order chi connectivity index (χ0) is 21.0. The van der Waals surface area contributed by atoms with Crippen molar-refractivity contribution in [3.8, 4) is 17.2 Å². The lowest BCUT2D eigenvalue weighted by Crippen LogP contribution is -2.13. The standard InChI is InChI=1S/C26H31NO3/c1-27(2)17-7-11-22-10-6-12-26(20-22)29-19-18-28-24-13-15-25(16-14-24)30-21-23-8-4-3-5-9-23/h3-6,8-10,12-16,20H,7,11,17-19,21H2,1-2H3. The monoisotopic (exact) mass is 405 g/mol. The van der Waals surface area contributed by atoms with Crippen LogP contribution < -0.4 is 14.2 Å². The molecule has 0 aliphatic rings. The minimum Gasteiger partial charge on any atom is -0.490 e. The molecule has 4 nitrogen and oxygen atoms in total. The van der Waals surface area contributed by atoms with Crippen molar-refractivity contribution in [2.75, 3.05) is 33.9 Å². The summed E-state index contributed by atoms with van der Waals surface area (Å²) in [7, 11) is 4.20. The molecule has 0 heterocycles. The summed E-state index contributed by atoms with van der Waals surface area (Å²) in [4.78, 5) is 2.21. The molecule has 0 spiro atoms. The molecule has 0 aromatic heterocycles. The average Bonchev–Trinajstić information content (AvgIpc) is 2.77. The molecule has 3 rings (SSSR count). The third-order valence-corrected chi connectivity index (χ3v) is 4.66. The van der Waals surface area contributed by atoms with Crippen molar-refractivity contribution in [1.29, 1.82) is 0 Å². The molecule has 0 saturated heterocycles. The van der Waals surface area contributed by atoms with Crippen molar-refractivity contribution in [1.82, 2.24) is 4.90 Å². The predicted octanol–water partition coefficient (Wildman–Crippen LogP) is 5.22. The highest BCUT2D eigenvalue weighted by Crippen LogP contribution is 2.19. The van der Waals surface area contributed by atoms with E-state index < -0.39 is 0 Å². The number of benzene rings is 3. The van der Waals surface area contributed by atoms with Crippen LogP contribution >= 0.6 is 0 Å². The van der Waals surface area contributed by atoms with E-state index in [-0.39, 0.29) is 0 Å². The number of rotatable bonds is 12. The van der Waals surface area contributed by atoms with E-state index in [2.05, 4.69) is 49.3 Å². The molecular formula is C26H31NO3. The topological polar surface area (TPSA) is 30.9 Å². The maximum absolute atomic E-state index is 5.85. The van der Waals surface area contributed by atoms with Gasteiger partial charge in [0, 0.05) is 0 Å². The van der Waals surface area contributed by atoms with Crippen LogP contribution in [0.15, 0.2) is 78.9 Å². The van der Waals surface area contributed by atoms with E-state index in [1.54, 1.807) is 0 Å². The van der Waals surface area contributed by atoms with Crippen molar-refractivity contribution < 1.29 is 14.2 Å². The van der Waals surface area contributed by atoms with Gasteiger partial charge in [0.2, 0.25) is 0 Å². The third-order valence-electron chi connectivity index (χ3n) is 4.66. The lowest BCUT2D eigenvalue weighted by atomic mass is 10.1. The molecule has 0 N–H and O–H groups in total. The minimum atomic E-state index is 0.495. The Morgan fingerprint density at radius 2 is 1.27 bits per heavy atom. The first-order valence-electron chi connectivity index (χ1n) is 10.4. The Morgan fingerprint density at radius 1 is 0.633 bits per heavy atom. The summed E-state index contributed by atoms with van der Waals surface area (Å²) >= 11 is 0. The van der Waals surface area contributed by atoms with Gasteiger partial charge in [-0.25, -0.2) is 0 Å². The molecule has 0 aliphatic heterocycles. The van der Waals surface area contributed by atoms with Crippen LogP contribution in [0.3, 0.4) is 0 Å². The van der Waals surface area contributed by atoms with Crippen molar-refractivity contribution in [2.45, 2.75) is 19.4 Å². The van der Waals surface area contributed by atoms with Gasteiger partial charge in [0.15, 0.2) is 0 Å². The first-order chi connectivity index (χ1) is 14.7. The van der Waals surface area contributed by atoms with Crippen molar-refractivity contribution >= 4 is 0 Å². The molecule has 3 aromatic carbocycles. The molecule has 0 fully saturated rings. The van der Waals surface area contributed by atoms with Crippen molar-refractivity contribution in [3.05, 3.63) is 90.0 Å². The maximum atomic E-state index is 5.85. The largest absolute Gasteiger partial charge is 0.490 e. The number of ether oxygens (including phenoxy) is 3. The minimum absolute atomic E-state index is 0.495. The van der Waals surface area contributed by atoms with Crippen LogP contribution in [0.25, 0.3) is 0 Å². The highest BCUT2D eigenvalue weighted by Gasteiger charge is 2.01. The first-order valence-corrected chi connectivity index (χ1v) is 10.4. The van der Waals surface area contributed by atoms with Gasteiger partial charge in [0.1, 0.15) is 37.1 Å². The van der Waals surface area contributed by atoms with Crippen molar-refractivity contribution in [3.63, 3.8) is 0 Å². The molecular weight excluding hydrogens is 374 g/mol. The van der Waals surface area contributed by atoms with E-state index in [9.17, 15) is 0 Å². The number of nitrogens with zero attached hydrogens (tertiary/aromatic N) is 1. The summed E-state index contributed by atoms with van der Waals surface area (Å²) in [5.41, 5.74) is 2.46. The lowest BCUT2D eigenvalue weighted by molar-refractivity contribution is 0.216. The van der Waals surface area contributed by atoms with Crippen LogP contribution in [0.1, 0.15) is 17.5 Å². The molecule has 0 amide bonds. The normalized spacial score (nSPS) is 10.8. The van der Waals surface area contributed by atoms with Gasteiger partial charge in [-0.2, -0.15) is 0 Å². The fourth-order valence-corrected chi connectivity index (χ4v) is 3.08. The van der Waals surface area contributed by atoms with E-state index in [4.69, 9.17) is 14.2 Å². The highest BCUT2D eigenvalue weighted by atomic mass is 16.5. The summed E-state index contributed by atoms with van der Waals surface area (Å²) in [5.74, 6) is 2.53. The van der Waals surface area contributed by atoms with Gasteiger partial charge in [-0.05, 0) is 81.0 Å². The molecule has 0 saturated carbocycles. The quantitative estimate of drug-likeness (QED) is 0.387. The van der Waals surface area contributed by atoms with Gasteiger partial charge in [0.05, 0.1) is 0 Å². The fourth-order valence-electron chi connectivity index (χ4n) is 3.08. The van der Waals surface area contributed by atoms with Gasteiger partial charge in [-0.15, -0.1) is 0 Å². The Kier molecular flexibility index (Phi) is 8.61. The Hall–Kier alpha value is -2.98. The zero-order valence-corrected chi connectivity index (χ0v) is 17.9. The fraction of sp³-hybridized carbons (Fsp3) is 0.308. The SMILES string of the molecule is CN(C)CCCc1cccc(OCCOc2ccc(OCc3ccccc3)cc2)c1. The molecule has 0 radical (unpaired) electrons. The van der Waals surface area contributed by atoms with Gasteiger partial charge in [-0.3, -0.25) is 0 Å². The second-order valence-corrected chi connectivity index (χ2v) is 7.50. The Morgan fingerprint density at radius 3 is 1.97 bits per heavy atom. The van der Waals surface area contributed by atoms with E-state index >= 15 is 0 Å². The van der Waals surface area contributed by atoms with Crippen LogP contribution in [0.2, 0.25) is 0 Å². The Bertz CT molecular complexity index is 863. The van der Waals surface area contributed by atoms with Gasteiger partial charge in [-0.1, -0.05) is 42.5 Å². The maximum Gasteiger partial charge on any atom is 0.122 e. The molecule has 0 bridgehead atoms. The number of aryl methyl sites for hydroxylation is 1. The van der Waals surface area contributed by atoms with E-state index in [1.165, 1.54) is 5.56 Å². The molecule has 0 aliphatic carbocycles. The van der Waals surface area contributed by atoms with Crippen LogP contribution in [-0.2, 0) is 13.0 Å². The van der Waals surface area contributed by atoms with Gasteiger partial charge < -0.3 is 19.1 Å². The molecule has 0 unspecified atom stereocenters. The van der Waals surface area contributed by atoms with Crippen LogP contribution in [0.4, 0.5) is 0 Å². The Balaban J connectivity index is 1.36. The second kappa shape index (κ2) is 11.9. The first kappa shape index (κ1) is 21.7. The van der Waals surface area contributed by atoms with Gasteiger partial charge in [0.25, 0.3) is 0 Å². The molecule has 4 heteroatoms. The number of hydrogen-bond donors (Lipinski definition) is 0. The molecule has 158 valence electrons. The summed E-state index contributed by atoms with van der Waals surface area (Å²) in [6.45, 7) is 2.65. The summed E-state index contributed by atoms with van der Waals surface area (Å²) in [6.07, 6.45) is 2.20. The Labute approximate surface area is 180 Å². The number of hydrogen-bond acceptors (Lipinski definition) is 4. The highest BCUT2D eigenvalue weighted by molar-refractivity contribution is 5.32. The van der Waals surface area contributed by atoms with E-state index in [1.807, 2.05) is 48.5 Å². The van der Waals surface area contributed by atoms with Crippen molar-refractivity contribution in [2.24, 2.45) is 0 Å². The third kappa shape index (κ3) is 7.80. The lowest BCUT2D eigenvalue weighted by Gasteiger charge is -2.11. The smallest absolute Gasteiger partial charge is 0.122 e. The molecule has 30 heavy (non-hydrogen) atoms. The summed E-state index contributed by atoms with van der Waals surface area (Å²) in [6, 6.07) is 26.2. The average molecular weight is 406 g/mol. The summed E-state index contributed by atoms with van der Waals surface area (Å²) in [5, 5.41) is 0. The molecule has 0 atom stereocenters.